The van der Waals surface area contributed by atoms with Crippen LogP contribution in [0.5, 0.6) is 0 Å². The van der Waals surface area contributed by atoms with Gasteiger partial charge in [-0.2, -0.15) is 0 Å². The summed E-state index contributed by atoms with van der Waals surface area (Å²) in [7, 11) is 0. The average Bonchev–Trinajstić information content (AvgIpc) is 3.08. The maximum atomic E-state index is 11.5. The third-order valence-corrected chi connectivity index (χ3v) is 4.63. The summed E-state index contributed by atoms with van der Waals surface area (Å²) in [4.78, 5) is 11.5. The number of ether oxygens (including phenoxy) is 1. The smallest absolute Gasteiger partial charge is 0.228 e. The zero-order valence-electron chi connectivity index (χ0n) is 12.8. The van der Waals surface area contributed by atoms with E-state index in [1.807, 2.05) is 6.07 Å². The van der Waals surface area contributed by atoms with Crippen LogP contribution in [0.1, 0.15) is 43.9 Å². The molecule has 2 heterocycles. The van der Waals surface area contributed by atoms with Gasteiger partial charge in [0.25, 0.3) is 0 Å². The lowest BCUT2D eigenvalue weighted by molar-refractivity contribution is -0.115. The van der Waals surface area contributed by atoms with E-state index in [-0.39, 0.29) is 5.91 Å². The maximum absolute atomic E-state index is 11.5. The highest BCUT2D eigenvalue weighted by molar-refractivity contribution is 5.99. The molecule has 21 heavy (non-hydrogen) atoms. The molecule has 1 fully saturated rings. The summed E-state index contributed by atoms with van der Waals surface area (Å²) in [6.45, 7) is 6.13. The van der Waals surface area contributed by atoms with Crippen LogP contribution in [-0.4, -0.2) is 25.2 Å². The van der Waals surface area contributed by atoms with Gasteiger partial charge in [-0.3, -0.25) is 4.79 Å². The summed E-state index contributed by atoms with van der Waals surface area (Å²) in [5.74, 6) is 0.607. The normalized spacial score (nSPS) is 25.7. The minimum atomic E-state index is 0.0952. The summed E-state index contributed by atoms with van der Waals surface area (Å²) in [6, 6.07) is 6.67. The zero-order valence-corrected chi connectivity index (χ0v) is 12.8. The summed E-state index contributed by atoms with van der Waals surface area (Å²) < 4.78 is 5.87. The van der Waals surface area contributed by atoms with Crippen LogP contribution < -0.4 is 10.6 Å². The van der Waals surface area contributed by atoms with Crippen LogP contribution in [0.15, 0.2) is 18.2 Å². The van der Waals surface area contributed by atoms with Crippen molar-refractivity contribution in [1.82, 2.24) is 5.32 Å². The van der Waals surface area contributed by atoms with Gasteiger partial charge in [-0.15, -0.1) is 0 Å². The van der Waals surface area contributed by atoms with Crippen molar-refractivity contribution >= 4 is 11.6 Å². The standard InChI is InChI=1S/C17H24N2O2/c1-3-15-13(7-8-21-15)17(18-4-2)11-5-6-14-12(9-11)10-16(20)19-14/h5-6,9,13,15,17-18H,3-4,7-8,10H2,1-2H3,(H,19,20). The van der Waals surface area contributed by atoms with E-state index in [0.29, 0.717) is 24.5 Å². The first-order chi connectivity index (χ1) is 10.2. The van der Waals surface area contributed by atoms with Crippen molar-refractivity contribution in [2.75, 3.05) is 18.5 Å². The van der Waals surface area contributed by atoms with Crippen molar-refractivity contribution in [3.05, 3.63) is 29.3 Å². The van der Waals surface area contributed by atoms with Gasteiger partial charge in [-0.05, 0) is 36.6 Å². The molecule has 0 radical (unpaired) electrons. The maximum Gasteiger partial charge on any atom is 0.228 e. The molecule has 4 nitrogen and oxygen atoms in total. The van der Waals surface area contributed by atoms with Crippen molar-refractivity contribution in [2.45, 2.75) is 45.3 Å². The van der Waals surface area contributed by atoms with Gasteiger partial charge in [-0.25, -0.2) is 0 Å². The van der Waals surface area contributed by atoms with Gasteiger partial charge in [0.15, 0.2) is 0 Å². The third-order valence-electron chi connectivity index (χ3n) is 4.63. The molecule has 3 rings (SSSR count). The fourth-order valence-electron chi connectivity index (χ4n) is 3.65. The van der Waals surface area contributed by atoms with Crippen LogP contribution in [-0.2, 0) is 16.0 Å². The Morgan fingerprint density at radius 3 is 3.05 bits per heavy atom. The lowest BCUT2D eigenvalue weighted by Crippen LogP contribution is -2.32. The van der Waals surface area contributed by atoms with E-state index in [4.69, 9.17) is 4.74 Å². The van der Waals surface area contributed by atoms with E-state index in [1.54, 1.807) is 0 Å². The minimum absolute atomic E-state index is 0.0952. The Balaban J connectivity index is 1.87. The SMILES string of the molecule is CCNC(c1ccc2c(c1)CC(=O)N2)C1CCOC1CC. The Hall–Kier alpha value is -1.39. The van der Waals surface area contributed by atoms with Gasteiger partial charge in [0.2, 0.25) is 5.91 Å². The van der Waals surface area contributed by atoms with E-state index >= 15 is 0 Å². The minimum Gasteiger partial charge on any atom is -0.378 e. The highest BCUT2D eigenvalue weighted by atomic mass is 16.5. The third kappa shape index (κ3) is 2.83. The molecule has 114 valence electrons. The van der Waals surface area contributed by atoms with E-state index in [0.717, 1.165) is 37.2 Å². The second-order valence-corrected chi connectivity index (χ2v) is 5.95. The monoisotopic (exact) mass is 288 g/mol. The number of fused-ring (bicyclic) bond motifs is 1. The van der Waals surface area contributed by atoms with Crippen LogP contribution in [0.4, 0.5) is 5.69 Å². The van der Waals surface area contributed by atoms with Gasteiger partial charge >= 0.3 is 0 Å². The van der Waals surface area contributed by atoms with Gasteiger partial charge < -0.3 is 15.4 Å². The molecule has 2 N–H and O–H groups in total. The molecule has 0 aliphatic carbocycles. The summed E-state index contributed by atoms with van der Waals surface area (Å²) in [6.07, 6.45) is 2.99. The average molecular weight is 288 g/mol. The first-order valence-electron chi connectivity index (χ1n) is 8.00. The Kier molecular flexibility index (Phi) is 4.27. The molecule has 2 aliphatic rings. The largest absolute Gasteiger partial charge is 0.378 e. The highest BCUT2D eigenvalue weighted by Crippen LogP contribution is 2.36. The fraction of sp³-hybridized carbons (Fsp3) is 0.588. The van der Waals surface area contributed by atoms with Crippen molar-refractivity contribution in [2.24, 2.45) is 5.92 Å². The molecular weight excluding hydrogens is 264 g/mol. The Labute approximate surface area is 126 Å². The number of benzene rings is 1. The number of rotatable bonds is 5. The Morgan fingerprint density at radius 1 is 1.43 bits per heavy atom. The highest BCUT2D eigenvalue weighted by Gasteiger charge is 2.34. The second-order valence-electron chi connectivity index (χ2n) is 5.95. The topological polar surface area (TPSA) is 50.4 Å². The molecule has 1 aromatic rings. The second kappa shape index (κ2) is 6.16. The lowest BCUT2D eigenvalue weighted by Gasteiger charge is -2.28. The van der Waals surface area contributed by atoms with E-state index in [1.165, 1.54) is 5.56 Å². The molecular formula is C17H24N2O2. The molecule has 0 saturated carbocycles. The number of hydrogen-bond donors (Lipinski definition) is 2. The van der Waals surface area contributed by atoms with Crippen LogP contribution in [0.2, 0.25) is 0 Å². The quantitative estimate of drug-likeness (QED) is 0.876. The van der Waals surface area contributed by atoms with Crippen LogP contribution in [0.25, 0.3) is 0 Å². The number of anilines is 1. The summed E-state index contributed by atoms with van der Waals surface area (Å²) in [5, 5.41) is 6.52. The first kappa shape index (κ1) is 14.5. The number of carbonyl (C=O) groups excluding carboxylic acids is 1. The molecule has 0 bridgehead atoms. The number of carbonyl (C=O) groups is 1. The molecule has 2 aliphatic heterocycles. The van der Waals surface area contributed by atoms with Gasteiger partial charge in [0, 0.05) is 24.3 Å². The van der Waals surface area contributed by atoms with Crippen molar-refractivity contribution in [1.29, 1.82) is 0 Å². The molecule has 3 unspecified atom stereocenters. The molecule has 1 saturated heterocycles. The Morgan fingerprint density at radius 2 is 2.29 bits per heavy atom. The molecule has 0 spiro atoms. The van der Waals surface area contributed by atoms with Crippen LogP contribution in [0, 0.1) is 5.92 Å². The zero-order chi connectivity index (χ0) is 14.8. The van der Waals surface area contributed by atoms with E-state index < -0.39 is 0 Å². The van der Waals surface area contributed by atoms with Gasteiger partial charge in [-0.1, -0.05) is 26.0 Å². The van der Waals surface area contributed by atoms with Crippen molar-refractivity contribution in [3.8, 4) is 0 Å². The van der Waals surface area contributed by atoms with Crippen LogP contribution >= 0.6 is 0 Å². The first-order valence-corrected chi connectivity index (χ1v) is 8.00. The number of hydrogen-bond acceptors (Lipinski definition) is 3. The Bertz CT molecular complexity index is 530. The van der Waals surface area contributed by atoms with Crippen molar-refractivity contribution in [3.63, 3.8) is 0 Å². The van der Waals surface area contributed by atoms with Gasteiger partial charge in [0.1, 0.15) is 0 Å². The molecule has 1 aromatic carbocycles. The summed E-state index contributed by atoms with van der Waals surface area (Å²) >= 11 is 0. The molecule has 0 aromatic heterocycles. The number of nitrogens with one attached hydrogen (secondary N) is 2. The molecule has 1 amide bonds. The predicted octanol–water partition coefficient (Wildman–Crippen LogP) is 2.65. The summed E-state index contributed by atoms with van der Waals surface area (Å²) in [5.41, 5.74) is 3.36. The van der Waals surface area contributed by atoms with E-state index in [2.05, 4.69) is 36.6 Å². The van der Waals surface area contributed by atoms with Crippen LogP contribution in [0.3, 0.4) is 0 Å². The predicted molar refractivity (Wildman–Crippen MR) is 83.3 cm³/mol. The lowest BCUT2D eigenvalue weighted by atomic mass is 9.86. The number of amides is 1. The molecule has 3 atom stereocenters. The van der Waals surface area contributed by atoms with E-state index in [9.17, 15) is 4.79 Å². The molecule has 4 heteroatoms. The van der Waals surface area contributed by atoms with Crippen molar-refractivity contribution < 1.29 is 9.53 Å². The van der Waals surface area contributed by atoms with Gasteiger partial charge in [0.05, 0.1) is 12.5 Å². The fourth-order valence-corrected chi connectivity index (χ4v) is 3.65.